The van der Waals surface area contributed by atoms with Gasteiger partial charge in [-0.1, -0.05) is 0 Å². The van der Waals surface area contributed by atoms with Crippen LogP contribution in [0.15, 0.2) is 23.8 Å². The molecule has 2 bridgehead atoms. The van der Waals surface area contributed by atoms with Gasteiger partial charge in [-0.25, -0.2) is 24.5 Å². The molecule has 0 aromatic carbocycles. The number of rotatable bonds is 2. The molecule has 25 heteroatoms. The molecule has 3 fully saturated rings. The molecule has 7 rings (SSSR count). The second-order valence-electron chi connectivity index (χ2n) is 10.1. The first-order valence-electron chi connectivity index (χ1n) is 13.0. The van der Waals surface area contributed by atoms with E-state index in [0.717, 1.165) is 6.33 Å². The van der Waals surface area contributed by atoms with Crippen LogP contribution in [0.5, 0.6) is 0 Å². The third kappa shape index (κ3) is 5.44. The fraction of sp³-hybridized carbons (Fsp3) is 0.500. The normalized spacial score (nSPS) is 37.7. The van der Waals surface area contributed by atoms with Crippen molar-refractivity contribution in [1.29, 1.82) is 0 Å². The van der Waals surface area contributed by atoms with Crippen LogP contribution < -0.4 is 17.0 Å². The Morgan fingerprint density at radius 1 is 0.889 bits per heavy atom. The summed E-state index contributed by atoms with van der Waals surface area (Å²) in [6.07, 6.45) is -8.14. The minimum atomic E-state index is -5.01. The second-order valence-corrected chi connectivity index (χ2v) is 14.3. The predicted octanol–water partition coefficient (Wildman–Crippen LogP) is -2.23. The highest BCUT2D eigenvalue weighted by Gasteiger charge is 2.53. The molecule has 0 aliphatic carbocycles. The van der Waals surface area contributed by atoms with E-state index in [2.05, 4.69) is 29.9 Å². The van der Waals surface area contributed by atoms with Crippen molar-refractivity contribution in [3.05, 3.63) is 29.3 Å². The van der Waals surface area contributed by atoms with Gasteiger partial charge in [0.15, 0.2) is 35.1 Å². The summed E-state index contributed by atoms with van der Waals surface area (Å²) in [7, 11) is -5.01. The van der Waals surface area contributed by atoms with Crippen molar-refractivity contribution in [3.63, 3.8) is 0 Å². The number of hydrogen-bond acceptors (Lipinski definition) is 18. The minimum Gasteiger partial charge on any atom is -0.387 e. The Balaban J connectivity index is 1.21. The van der Waals surface area contributed by atoms with Gasteiger partial charge < -0.3 is 45.5 Å². The van der Waals surface area contributed by atoms with E-state index in [-0.39, 0.29) is 34.1 Å². The zero-order chi connectivity index (χ0) is 31.8. The van der Waals surface area contributed by atoms with Crippen LogP contribution in [0.4, 0.5) is 11.8 Å². The van der Waals surface area contributed by atoms with E-state index in [1.807, 2.05) is 0 Å². The molecule has 22 nitrogen and oxygen atoms in total. The SMILES string of the molecule is Nc1nc2c(ncn2[C@@H]2O[C@@H]3COP(=O)(O)O[C@@H]4C(O)[C@H](n5cnc6c(N)ncnc65)O[C@@H]4COP(O)(=S)O[C@H]2C3O)c(=O)[nH]1. The molecule has 45 heavy (non-hydrogen) atoms. The number of hydrogen-bond donors (Lipinski definition) is 7. The average Bonchev–Trinajstić information content (AvgIpc) is 3.72. The summed E-state index contributed by atoms with van der Waals surface area (Å²) in [6.45, 7) is -5.66. The van der Waals surface area contributed by atoms with Gasteiger partial charge in [0.2, 0.25) is 5.95 Å². The average molecular weight is 690 g/mol. The molecule has 0 amide bonds. The van der Waals surface area contributed by atoms with Crippen LogP contribution in [0.1, 0.15) is 12.5 Å². The van der Waals surface area contributed by atoms with Crippen molar-refractivity contribution < 1.29 is 52.1 Å². The van der Waals surface area contributed by atoms with E-state index in [1.54, 1.807) is 0 Å². The first-order chi connectivity index (χ1) is 21.3. The number of H-pyrrole nitrogens is 1. The predicted molar refractivity (Wildman–Crippen MR) is 150 cm³/mol. The number of anilines is 2. The number of imidazole rings is 2. The molecule has 4 aromatic rings. The summed E-state index contributed by atoms with van der Waals surface area (Å²) in [6, 6.07) is 0. The van der Waals surface area contributed by atoms with Crippen LogP contribution in [-0.2, 0) is 43.9 Å². The quantitative estimate of drug-likeness (QED) is 0.109. The fourth-order valence-electron chi connectivity index (χ4n) is 5.30. The third-order valence-electron chi connectivity index (χ3n) is 7.32. The molecule has 3 saturated heterocycles. The summed E-state index contributed by atoms with van der Waals surface area (Å²) in [5, 5.41) is 22.3. The Kier molecular flexibility index (Phi) is 7.52. The van der Waals surface area contributed by atoms with E-state index in [1.165, 1.54) is 21.8 Å². The molecule has 0 spiro atoms. The second kappa shape index (κ2) is 11.1. The van der Waals surface area contributed by atoms with Crippen LogP contribution in [0.2, 0.25) is 0 Å². The Bertz CT molecular complexity index is 1940. The largest absolute Gasteiger partial charge is 0.472 e. The van der Waals surface area contributed by atoms with Crippen LogP contribution in [0, 0.1) is 0 Å². The number of aliphatic hydroxyl groups is 2. The van der Waals surface area contributed by atoms with Gasteiger partial charge >= 0.3 is 14.5 Å². The number of ether oxygens (including phenoxy) is 2. The van der Waals surface area contributed by atoms with Gasteiger partial charge in [-0.3, -0.25) is 32.5 Å². The first kappa shape index (κ1) is 30.6. The van der Waals surface area contributed by atoms with Gasteiger partial charge in [-0.05, 0) is 11.8 Å². The van der Waals surface area contributed by atoms with Crippen molar-refractivity contribution in [3.8, 4) is 0 Å². The topological polar surface area (TPSA) is 313 Å². The summed E-state index contributed by atoms with van der Waals surface area (Å²) >= 11 is 5.21. The van der Waals surface area contributed by atoms with Crippen molar-refractivity contribution in [2.45, 2.75) is 49.1 Å². The number of phosphoric acid groups is 1. The Morgan fingerprint density at radius 3 is 2.36 bits per heavy atom. The zero-order valence-electron chi connectivity index (χ0n) is 22.4. The molecule has 10 atom stereocenters. The molecule has 3 aliphatic heterocycles. The number of nitrogens with two attached hydrogens (primary N) is 2. The number of aliphatic hydroxyl groups excluding tert-OH is 2. The lowest BCUT2D eigenvalue weighted by Gasteiger charge is -2.27. The van der Waals surface area contributed by atoms with E-state index < -0.39 is 82.4 Å². The van der Waals surface area contributed by atoms with Crippen molar-refractivity contribution >= 4 is 60.4 Å². The summed E-state index contributed by atoms with van der Waals surface area (Å²) in [5.74, 6) is -0.181. The molecule has 0 radical (unpaired) electrons. The maximum Gasteiger partial charge on any atom is 0.472 e. The Hall–Kier alpha value is -3.02. The zero-order valence-corrected chi connectivity index (χ0v) is 25.0. The lowest BCUT2D eigenvalue weighted by molar-refractivity contribution is -0.0635. The van der Waals surface area contributed by atoms with Gasteiger partial charge in [-0.2, -0.15) is 4.98 Å². The number of aromatic amines is 1. The smallest absolute Gasteiger partial charge is 0.387 e. The summed E-state index contributed by atoms with van der Waals surface area (Å²) < 4.78 is 49.1. The summed E-state index contributed by atoms with van der Waals surface area (Å²) in [4.78, 5) is 56.5. The molecule has 3 aliphatic rings. The van der Waals surface area contributed by atoms with Crippen molar-refractivity contribution in [2.24, 2.45) is 0 Å². The number of aromatic nitrogens is 8. The highest BCUT2D eigenvalue weighted by molar-refractivity contribution is 8.07. The van der Waals surface area contributed by atoms with Crippen molar-refractivity contribution in [2.75, 3.05) is 24.7 Å². The molecule has 4 aromatic heterocycles. The lowest BCUT2D eigenvalue weighted by Crippen LogP contribution is -2.36. The molecule has 7 heterocycles. The first-order valence-corrected chi connectivity index (χ1v) is 17.0. The summed E-state index contributed by atoms with van der Waals surface area (Å²) in [5.41, 5.74) is 11.1. The Labute approximate surface area is 254 Å². The van der Waals surface area contributed by atoms with E-state index in [9.17, 15) is 29.4 Å². The van der Waals surface area contributed by atoms with E-state index in [4.69, 9.17) is 50.8 Å². The van der Waals surface area contributed by atoms with Crippen molar-refractivity contribution in [1.82, 2.24) is 39.0 Å². The van der Waals surface area contributed by atoms with Gasteiger partial charge in [0.1, 0.15) is 48.5 Å². The van der Waals surface area contributed by atoms with Crippen LogP contribution in [0.25, 0.3) is 22.3 Å². The molecule has 4 unspecified atom stereocenters. The molecule has 9 N–H and O–H groups in total. The fourth-order valence-corrected chi connectivity index (χ4v) is 7.67. The van der Waals surface area contributed by atoms with Gasteiger partial charge in [0, 0.05) is 0 Å². The van der Waals surface area contributed by atoms with E-state index >= 15 is 0 Å². The minimum absolute atomic E-state index is 0.0608. The monoisotopic (exact) mass is 690 g/mol. The number of phosphoric ester groups is 1. The maximum absolute atomic E-state index is 13.1. The van der Waals surface area contributed by atoms with Gasteiger partial charge in [-0.15, -0.1) is 0 Å². The number of nitrogens with one attached hydrogen (secondary N) is 1. The standard InChI is InChI=1S/C20H24N10O12P2S/c21-14-8-15(24-3-23-14)29(4-25-8)18-11(32)12-7(40-18)2-38-44(36,45)42-13-10(31)6(1-37-43(34,35)41-12)39-19(13)30-5-26-9-16(30)27-20(22)28-17(9)33/h3-7,10-13,18-19,31-32H,1-2H2,(H,34,35)(H,36,45)(H2,21,23,24)(H3,22,27,28,33)/t6-,7-,10?,11?,12+,13+,18-,19-,44?/m1/s1. The molecule has 242 valence electrons. The third-order valence-corrected chi connectivity index (χ3v) is 9.87. The van der Waals surface area contributed by atoms with Gasteiger partial charge in [0.05, 0.1) is 25.9 Å². The molecular formula is C20H24N10O12P2S. The maximum atomic E-state index is 13.1. The number of fused-ring (bicyclic) bond motifs is 5. The Morgan fingerprint density at radius 2 is 1.58 bits per heavy atom. The van der Waals surface area contributed by atoms with Crippen LogP contribution in [0.3, 0.4) is 0 Å². The van der Waals surface area contributed by atoms with E-state index in [0.29, 0.717) is 0 Å². The highest BCUT2D eigenvalue weighted by atomic mass is 32.5. The molecule has 0 saturated carbocycles. The van der Waals surface area contributed by atoms with Gasteiger partial charge in [0.25, 0.3) is 5.56 Å². The molecular weight excluding hydrogens is 666 g/mol. The number of nitrogens with zero attached hydrogens (tertiary/aromatic N) is 7. The van der Waals surface area contributed by atoms with Crippen LogP contribution in [-0.4, -0.2) is 109 Å². The highest BCUT2D eigenvalue weighted by Crippen LogP contribution is 2.53. The van der Waals surface area contributed by atoms with Crippen LogP contribution >= 0.6 is 14.5 Å². The number of nitrogen functional groups attached to an aromatic ring is 2. The lowest BCUT2D eigenvalue weighted by atomic mass is 10.1.